The van der Waals surface area contributed by atoms with E-state index in [1.165, 1.54) is 0 Å². The highest BCUT2D eigenvalue weighted by Gasteiger charge is 2.56. The van der Waals surface area contributed by atoms with E-state index in [1.807, 2.05) is 0 Å². The number of halogens is 2. The van der Waals surface area contributed by atoms with Gasteiger partial charge in [-0.3, -0.25) is 4.79 Å². The van der Waals surface area contributed by atoms with Gasteiger partial charge < -0.3 is 5.32 Å². The van der Waals surface area contributed by atoms with Crippen molar-refractivity contribution in [1.29, 1.82) is 0 Å². The molecule has 1 unspecified atom stereocenters. The van der Waals surface area contributed by atoms with Crippen molar-refractivity contribution in [2.45, 2.75) is 25.7 Å². The molecule has 1 N–H and O–H groups in total. The quantitative estimate of drug-likeness (QED) is 0.909. The third-order valence-corrected chi connectivity index (χ3v) is 4.55. The Kier molecular flexibility index (Phi) is 3.13. The summed E-state index contributed by atoms with van der Waals surface area (Å²) in [6.07, 6.45) is 2.98. The first-order valence-electron chi connectivity index (χ1n) is 6.78. The van der Waals surface area contributed by atoms with Crippen LogP contribution in [0.5, 0.6) is 0 Å². The Morgan fingerprint density at radius 3 is 2.79 bits per heavy atom. The van der Waals surface area contributed by atoms with Gasteiger partial charge in [-0.15, -0.1) is 0 Å². The van der Waals surface area contributed by atoms with Crippen molar-refractivity contribution in [2.24, 2.45) is 11.3 Å². The maximum Gasteiger partial charge on any atom is 0.141 e. The molecule has 3 rings (SSSR count). The van der Waals surface area contributed by atoms with Crippen molar-refractivity contribution >= 4 is 5.78 Å². The molecule has 102 valence electrons. The summed E-state index contributed by atoms with van der Waals surface area (Å²) in [6, 6.07) is 3.30. The van der Waals surface area contributed by atoms with Gasteiger partial charge in [-0.05, 0) is 61.5 Å². The van der Waals surface area contributed by atoms with Crippen LogP contribution in [-0.4, -0.2) is 18.9 Å². The van der Waals surface area contributed by atoms with Crippen LogP contribution < -0.4 is 5.32 Å². The van der Waals surface area contributed by atoms with Gasteiger partial charge in [0, 0.05) is 12.3 Å². The normalized spacial score (nSPS) is 24.4. The molecule has 1 aromatic rings. The second-order valence-corrected chi connectivity index (χ2v) is 5.75. The van der Waals surface area contributed by atoms with Crippen LogP contribution in [0.25, 0.3) is 0 Å². The van der Waals surface area contributed by atoms with Crippen molar-refractivity contribution in [1.82, 2.24) is 5.32 Å². The van der Waals surface area contributed by atoms with Crippen LogP contribution >= 0.6 is 0 Å². The molecule has 0 radical (unpaired) electrons. The molecular weight excluding hydrogens is 248 g/mol. The Morgan fingerprint density at radius 1 is 1.32 bits per heavy atom. The van der Waals surface area contributed by atoms with Crippen molar-refractivity contribution in [3.63, 3.8) is 0 Å². The highest BCUT2D eigenvalue weighted by molar-refractivity contribution is 5.86. The average Bonchev–Trinajstić information content (AvgIpc) is 3.08. The summed E-state index contributed by atoms with van der Waals surface area (Å²) < 4.78 is 26.6. The largest absolute Gasteiger partial charge is 0.317 e. The Balaban J connectivity index is 1.68. The topological polar surface area (TPSA) is 29.1 Å². The van der Waals surface area contributed by atoms with E-state index in [0.29, 0.717) is 0 Å². The Hall–Kier alpha value is -1.29. The van der Waals surface area contributed by atoms with Gasteiger partial charge in [0.25, 0.3) is 0 Å². The van der Waals surface area contributed by atoms with Gasteiger partial charge in [-0.1, -0.05) is 0 Å². The van der Waals surface area contributed by atoms with E-state index in [0.717, 1.165) is 50.6 Å². The van der Waals surface area contributed by atoms with Gasteiger partial charge in [-0.2, -0.15) is 0 Å². The lowest BCUT2D eigenvalue weighted by Gasteiger charge is -2.23. The molecule has 1 aromatic carbocycles. The van der Waals surface area contributed by atoms with E-state index in [4.69, 9.17) is 0 Å². The van der Waals surface area contributed by atoms with Crippen LogP contribution in [0.4, 0.5) is 8.78 Å². The third kappa shape index (κ3) is 2.41. The summed E-state index contributed by atoms with van der Waals surface area (Å²) in [6.45, 7) is 1.91. The molecule has 4 heteroatoms. The summed E-state index contributed by atoms with van der Waals surface area (Å²) in [4.78, 5) is 12.2. The fourth-order valence-corrected chi connectivity index (χ4v) is 3.27. The summed E-state index contributed by atoms with van der Waals surface area (Å²) in [5, 5.41) is 3.29. The predicted molar refractivity (Wildman–Crippen MR) is 67.7 cm³/mol. The molecule has 1 aliphatic heterocycles. The maximum absolute atomic E-state index is 13.5. The highest BCUT2D eigenvalue weighted by Crippen LogP contribution is 2.59. The summed E-state index contributed by atoms with van der Waals surface area (Å²) in [7, 11) is 0. The molecule has 1 saturated heterocycles. The van der Waals surface area contributed by atoms with E-state index in [-0.39, 0.29) is 29.1 Å². The Labute approximate surface area is 111 Å². The molecule has 0 bridgehead atoms. The minimum Gasteiger partial charge on any atom is -0.317 e. The van der Waals surface area contributed by atoms with Crippen LogP contribution in [0.3, 0.4) is 0 Å². The van der Waals surface area contributed by atoms with Crippen LogP contribution in [0.15, 0.2) is 18.2 Å². The van der Waals surface area contributed by atoms with Gasteiger partial charge in [0.1, 0.15) is 17.4 Å². The Bertz CT molecular complexity index is 509. The van der Waals surface area contributed by atoms with Gasteiger partial charge in [0.2, 0.25) is 0 Å². The number of nitrogens with one attached hydrogen (secondary N) is 1. The number of carbonyl (C=O) groups excluding carboxylic acids is 1. The lowest BCUT2D eigenvalue weighted by Crippen LogP contribution is -2.31. The third-order valence-electron chi connectivity index (χ3n) is 4.55. The molecule has 1 aliphatic carbocycles. The first-order chi connectivity index (χ1) is 9.11. The average molecular weight is 265 g/mol. The SMILES string of the molecule is O=C(Cc1cc(F)ccc1F)C1CC12CCNCC2. The molecule has 19 heavy (non-hydrogen) atoms. The zero-order valence-corrected chi connectivity index (χ0v) is 10.7. The summed E-state index contributed by atoms with van der Waals surface area (Å²) in [5.74, 6) is -0.866. The van der Waals surface area contributed by atoms with Gasteiger partial charge >= 0.3 is 0 Å². The molecule has 0 amide bonds. The van der Waals surface area contributed by atoms with Crippen LogP contribution in [0.1, 0.15) is 24.8 Å². The molecular formula is C15H17F2NO. The summed E-state index contributed by atoms with van der Waals surface area (Å²) >= 11 is 0. The number of hydrogen-bond acceptors (Lipinski definition) is 2. The molecule has 1 spiro atoms. The van der Waals surface area contributed by atoms with Crippen LogP contribution in [-0.2, 0) is 11.2 Å². The van der Waals surface area contributed by atoms with Gasteiger partial charge in [0.15, 0.2) is 0 Å². The standard InChI is InChI=1S/C15H17F2NO/c16-11-1-2-13(17)10(7-11)8-14(19)12-9-15(12)3-5-18-6-4-15/h1-2,7,12,18H,3-6,8-9H2. The van der Waals surface area contributed by atoms with Crippen molar-refractivity contribution in [2.75, 3.05) is 13.1 Å². The number of rotatable bonds is 3. The fourth-order valence-electron chi connectivity index (χ4n) is 3.27. The summed E-state index contributed by atoms with van der Waals surface area (Å²) in [5.41, 5.74) is 0.340. The maximum atomic E-state index is 13.5. The monoisotopic (exact) mass is 265 g/mol. The van der Waals surface area contributed by atoms with Crippen molar-refractivity contribution in [3.8, 4) is 0 Å². The van der Waals surface area contributed by atoms with E-state index in [2.05, 4.69) is 5.32 Å². The van der Waals surface area contributed by atoms with E-state index >= 15 is 0 Å². The molecule has 0 aromatic heterocycles. The van der Waals surface area contributed by atoms with Crippen LogP contribution in [0.2, 0.25) is 0 Å². The minimum absolute atomic E-state index is 0.0173. The fraction of sp³-hybridized carbons (Fsp3) is 0.533. The number of piperidine rings is 1. The smallest absolute Gasteiger partial charge is 0.141 e. The molecule has 2 nitrogen and oxygen atoms in total. The Morgan fingerprint density at radius 2 is 2.05 bits per heavy atom. The zero-order chi connectivity index (χ0) is 13.5. The first-order valence-corrected chi connectivity index (χ1v) is 6.78. The molecule has 2 aliphatic rings. The number of hydrogen-bond donors (Lipinski definition) is 1. The molecule has 1 atom stereocenters. The lowest BCUT2D eigenvalue weighted by atomic mass is 9.89. The van der Waals surface area contributed by atoms with E-state index in [9.17, 15) is 13.6 Å². The highest BCUT2D eigenvalue weighted by atomic mass is 19.1. The van der Waals surface area contributed by atoms with Gasteiger partial charge in [-0.25, -0.2) is 8.78 Å². The first kappa shape index (κ1) is 12.7. The second-order valence-electron chi connectivity index (χ2n) is 5.75. The molecule has 1 saturated carbocycles. The minimum atomic E-state index is -0.491. The van der Waals surface area contributed by atoms with Crippen molar-refractivity contribution < 1.29 is 13.6 Å². The van der Waals surface area contributed by atoms with Crippen LogP contribution in [0, 0.1) is 23.0 Å². The van der Waals surface area contributed by atoms with E-state index < -0.39 is 11.6 Å². The lowest BCUT2D eigenvalue weighted by molar-refractivity contribution is -0.120. The predicted octanol–water partition coefficient (Wildman–Crippen LogP) is 2.47. The number of benzene rings is 1. The number of ketones is 1. The zero-order valence-electron chi connectivity index (χ0n) is 10.7. The second kappa shape index (κ2) is 4.67. The van der Waals surface area contributed by atoms with E-state index in [1.54, 1.807) is 0 Å². The number of Topliss-reactive ketones (excluding diaryl/α,β-unsaturated/α-hetero) is 1. The molecule has 1 heterocycles. The van der Waals surface area contributed by atoms with Gasteiger partial charge in [0.05, 0.1) is 0 Å². The van der Waals surface area contributed by atoms with Crippen molar-refractivity contribution in [3.05, 3.63) is 35.4 Å². The number of carbonyl (C=O) groups is 1. The molecule has 2 fully saturated rings.